The SMILES string of the molecule is CN(C)C=O.O=C1N(C(c2ccccc2)(c2ccccc2)c2ccccc2)c2ccc(F)cc2[C@]1(O)c1ccc(Cl)cc1. The van der Waals surface area contributed by atoms with Crippen molar-refractivity contribution in [1.29, 1.82) is 0 Å². The molecule has 1 aliphatic heterocycles. The van der Waals surface area contributed by atoms with Crippen LogP contribution in [-0.4, -0.2) is 36.4 Å². The number of rotatable bonds is 6. The number of carbonyl (C=O) groups is 2. The Hall–Kier alpha value is -4.78. The number of hydrogen-bond acceptors (Lipinski definition) is 3. The fraction of sp³-hybridized carbons (Fsp3) is 0.111. The van der Waals surface area contributed by atoms with Crippen LogP contribution in [0.3, 0.4) is 0 Å². The summed E-state index contributed by atoms with van der Waals surface area (Å²) >= 11 is 6.13. The summed E-state index contributed by atoms with van der Waals surface area (Å²) in [7, 11) is 3.38. The lowest BCUT2D eigenvalue weighted by Gasteiger charge is -2.44. The molecular weight excluding hydrogens is 563 g/mol. The van der Waals surface area contributed by atoms with Crippen LogP contribution in [0.5, 0.6) is 0 Å². The largest absolute Gasteiger partial charge is 0.372 e. The molecule has 0 aromatic heterocycles. The van der Waals surface area contributed by atoms with Crippen LogP contribution in [0, 0.1) is 5.82 Å². The second-order valence-electron chi connectivity index (χ2n) is 10.4. The van der Waals surface area contributed by atoms with Gasteiger partial charge in [-0.3, -0.25) is 14.5 Å². The van der Waals surface area contributed by atoms with E-state index in [0.717, 1.165) is 23.1 Å². The van der Waals surface area contributed by atoms with Crippen LogP contribution >= 0.6 is 11.6 Å². The van der Waals surface area contributed by atoms with E-state index in [-0.39, 0.29) is 5.56 Å². The molecular formula is C36H30ClFN2O3. The zero-order chi connectivity index (χ0) is 30.6. The average Bonchev–Trinajstić information content (AvgIpc) is 3.26. The molecule has 1 aliphatic rings. The lowest BCUT2D eigenvalue weighted by atomic mass is 9.75. The standard InChI is InChI=1S/C33H23ClFNO2.C3H7NO/c34-27-18-16-26(17-19-27)33(38)29-22-28(35)20-21-30(29)36(31(33)37)32(23-10-4-1-5-11-23,24-12-6-2-7-13-24)25-14-8-3-9-15-25;1-4(2)3-5/h1-22,38H;3H,1-2H3/t33-;/m1./s1. The Bertz CT molecular complexity index is 1620. The van der Waals surface area contributed by atoms with Crippen LogP contribution in [0.1, 0.15) is 27.8 Å². The molecule has 1 N–H and O–H groups in total. The predicted octanol–water partition coefficient (Wildman–Crippen LogP) is 6.76. The van der Waals surface area contributed by atoms with Crippen LogP contribution in [0.25, 0.3) is 0 Å². The van der Waals surface area contributed by atoms with Gasteiger partial charge in [0.05, 0.1) is 5.69 Å². The number of carbonyl (C=O) groups excluding carboxylic acids is 2. The highest BCUT2D eigenvalue weighted by Crippen LogP contribution is 2.54. The molecule has 5 aromatic carbocycles. The van der Waals surface area contributed by atoms with Crippen LogP contribution in [-0.2, 0) is 20.7 Å². The first-order valence-corrected chi connectivity index (χ1v) is 14.0. The fourth-order valence-corrected chi connectivity index (χ4v) is 5.73. The molecule has 7 heteroatoms. The lowest BCUT2D eigenvalue weighted by Crippen LogP contribution is -2.53. The molecule has 0 unspecified atom stereocenters. The van der Waals surface area contributed by atoms with Crippen LogP contribution in [0.4, 0.5) is 10.1 Å². The van der Waals surface area contributed by atoms with Gasteiger partial charge in [0.25, 0.3) is 5.91 Å². The maximum atomic E-state index is 14.8. The summed E-state index contributed by atoms with van der Waals surface area (Å²) in [5, 5.41) is 12.7. The van der Waals surface area contributed by atoms with Crippen LogP contribution < -0.4 is 4.90 Å². The Labute approximate surface area is 255 Å². The van der Waals surface area contributed by atoms with Gasteiger partial charge < -0.3 is 10.0 Å². The first-order valence-electron chi connectivity index (χ1n) is 13.7. The quantitative estimate of drug-likeness (QED) is 0.175. The first kappa shape index (κ1) is 29.7. The number of amides is 2. The van der Waals surface area contributed by atoms with Crippen molar-refractivity contribution in [3.8, 4) is 0 Å². The minimum absolute atomic E-state index is 0.178. The van der Waals surface area contributed by atoms with E-state index in [1.54, 1.807) is 49.3 Å². The molecule has 5 nitrogen and oxygen atoms in total. The second-order valence-corrected chi connectivity index (χ2v) is 10.8. The smallest absolute Gasteiger partial charge is 0.269 e. The van der Waals surface area contributed by atoms with Crippen molar-refractivity contribution in [2.45, 2.75) is 11.1 Å². The van der Waals surface area contributed by atoms with Crippen molar-refractivity contribution < 1.29 is 19.1 Å². The Balaban J connectivity index is 0.000000682. The molecule has 216 valence electrons. The summed E-state index contributed by atoms with van der Waals surface area (Å²) in [5.41, 5.74) is 0.0616. The van der Waals surface area contributed by atoms with Crippen molar-refractivity contribution in [2.24, 2.45) is 0 Å². The van der Waals surface area contributed by atoms with E-state index < -0.39 is 22.9 Å². The molecule has 0 bridgehead atoms. The molecule has 5 aromatic rings. The highest BCUT2D eigenvalue weighted by atomic mass is 35.5. The number of fused-ring (bicyclic) bond motifs is 1. The molecule has 1 heterocycles. The van der Waals surface area contributed by atoms with E-state index in [4.69, 9.17) is 11.6 Å². The van der Waals surface area contributed by atoms with E-state index in [0.29, 0.717) is 16.3 Å². The number of anilines is 1. The van der Waals surface area contributed by atoms with Gasteiger partial charge in [0.2, 0.25) is 6.41 Å². The summed E-state index contributed by atoms with van der Waals surface area (Å²) in [4.78, 5) is 27.3. The third kappa shape index (κ3) is 5.20. The molecule has 0 aliphatic carbocycles. The molecule has 0 fully saturated rings. The van der Waals surface area contributed by atoms with Gasteiger partial charge in [-0.25, -0.2) is 4.39 Å². The molecule has 0 saturated heterocycles. The highest BCUT2D eigenvalue weighted by molar-refractivity contribution is 6.30. The number of benzene rings is 5. The topological polar surface area (TPSA) is 60.9 Å². The van der Waals surface area contributed by atoms with Crippen molar-refractivity contribution in [1.82, 2.24) is 4.90 Å². The number of hydrogen-bond donors (Lipinski definition) is 1. The normalized spacial score (nSPS) is 15.7. The van der Waals surface area contributed by atoms with Crippen molar-refractivity contribution in [3.05, 3.63) is 172 Å². The Morgan fingerprint density at radius 3 is 1.63 bits per heavy atom. The van der Waals surface area contributed by atoms with Gasteiger partial charge in [-0.05, 0) is 52.6 Å². The van der Waals surface area contributed by atoms with E-state index >= 15 is 0 Å². The Morgan fingerprint density at radius 2 is 1.21 bits per heavy atom. The monoisotopic (exact) mass is 592 g/mol. The molecule has 0 saturated carbocycles. The summed E-state index contributed by atoms with van der Waals surface area (Å²) in [6, 6.07) is 39.7. The first-order chi connectivity index (χ1) is 20.7. The van der Waals surface area contributed by atoms with Crippen LogP contribution in [0.2, 0.25) is 5.02 Å². The van der Waals surface area contributed by atoms with Crippen molar-refractivity contribution >= 4 is 29.6 Å². The van der Waals surface area contributed by atoms with E-state index in [1.165, 1.54) is 17.0 Å². The van der Waals surface area contributed by atoms with Gasteiger partial charge in [-0.15, -0.1) is 0 Å². The van der Waals surface area contributed by atoms with Crippen LogP contribution in [0.15, 0.2) is 133 Å². The lowest BCUT2D eigenvalue weighted by molar-refractivity contribution is -0.133. The van der Waals surface area contributed by atoms with Gasteiger partial charge in [-0.1, -0.05) is 115 Å². The average molecular weight is 593 g/mol. The summed E-state index contributed by atoms with van der Waals surface area (Å²) in [6.07, 6.45) is 0.750. The maximum Gasteiger partial charge on any atom is 0.269 e. The maximum absolute atomic E-state index is 14.8. The molecule has 6 rings (SSSR count). The Morgan fingerprint density at radius 1 is 0.767 bits per heavy atom. The number of aliphatic hydroxyl groups is 1. The van der Waals surface area contributed by atoms with Gasteiger partial charge in [0.15, 0.2) is 5.60 Å². The zero-order valence-electron chi connectivity index (χ0n) is 23.7. The fourth-order valence-electron chi connectivity index (χ4n) is 5.61. The third-order valence-electron chi connectivity index (χ3n) is 7.48. The minimum atomic E-state index is -2.13. The summed E-state index contributed by atoms with van der Waals surface area (Å²) in [5.74, 6) is -1.13. The van der Waals surface area contributed by atoms with Gasteiger partial charge in [-0.2, -0.15) is 0 Å². The summed E-state index contributed by atoms with van der Waals surface area (Å²) < 4.78 is 14.7. The molecule has 0 spiro atoms. The molecule has 0 radical (unpaired) electrons. The number of halogens is 2. The highest BCUT2D eigenvalue weighted by Gasteiger charge is 2.58. The van der Waals surface area contributed by atoms with Gasteiger partial charge in [0, 0.05) is 24.7 Å². The van der Waals surface area contributed by atoms with Gasteiger partial charge in [0.1, 0.15) is 11.4 Å². The van der Waals surface area contributed by atoms with E-state index in [9.17, 15) is 19.1 Å². The number of nitrogens with zero attached hydrogens (tertiary/aromatic N) is 2. The van der Waals surface area contributed by atoms with Gasteiger partial charge >= 0.3 is 0 Å². The van der Waals surface area contributed by atoms with E-state index in [1.807, 2.05) is 91.0 Å². The minimum Gasteiger partial charge on any atom is -0.372 e. The van der Waals surface area contributed by atoms with Crippen molar-refractivity contribution in [3.63, 3.8) is 0 Å². The Kier molecular flexibility index (Phi) is 8.44. The molecule has 43 heavy (non-hydrogen) atoms. The second kappa shape index (κ2) is 12.2. The molecule has 1 atom stereocenters. The zero-order valence-corrected chi connectivity index (χ0v) is 24.4. The molecule has 2 amide bonds. The predicted molar refractivity (Wildman–Crippen MR) is 167 cm³/mol. The van der Waals surface area contributed by atoms with Crippen molar-refractivity contribution in [2.75, 3.05) is 19.0 Å². The summed E-state index contributed by atoms with van der Waals surface area (Å²) in [6.45, 7) is 0. The third-order valence-corrected chi connectivity index (χ3v) is 7.74. The van der Waals surface area contributed by atoms with E-state index in [2.05, 4.69) is 0 Å².